The van der Waals surface area contributed by atoms with Gasteiger partial charge in [-0.2, -0.15) is 0 Å². The number of piperidine rings is 1. The van der Waals surface area contributed by atoms with Crippen LogP contribution in [0.4, 0.5) is 0 Å². The summed E-state index contributed by atoms with van der Waals surface area (Å²) in [6.45, 7) is 5.34. The second-order valence-corrected chi connectivity index (χ2v) is 7.00. The van der Waals surface area contributed by atoms with Gasteiger partial charge in [-0.05, 0) is 44.0 Å². The van der Waals surface area contributed by atoms with Gasteiger partial charge in [-0.3, -0.25) is 9.59 Å². The van der Waals surface area contributed by atoms with Crippen LogP contribution < -0.4 is 9.47 Å². The predicted octanol–water partition coefficient (Wildman–Crippen LogP) is 1.56. The molecule has 2 aliphatic heterocycles. The Morgan fingerprint density at radius 3 is 2.41 bits per heavy atom. The lowest BCUT2D eigenvalue weighted by molar-refractivity contribution is -0.146. The van der Waals surface area contributed by atoms with Crippen LogP contribution in [0.1, 0.15) is 19.8 Å². The van der Waals surface area contributed by atoms with Crippen molar-refractivity contribution in [2.75, 3.05) is 46.5 Å². The normalized spacial score (nSPS) is 21.5. The van der Waals surface area contributed by atoms with Crippen molar-refractivity contribution >= 4 is 11.8 Å². The van der Waals surface area contributed by atoms with Crippen molar-refractivity contribution in [3.63, 3.8) is 0 Å². The highest BCUT2D eigenvalue weighted by Crippen LogP contribution is 2.22. The monoisotopic (exact) mass is 376 g/mol. The molecule has 0 unspecified atom stereocenters. The highest BCUT2D eigenvalue weighted by Gasteiger charge is 2.33. The molecule has 27 heavy (non-hydrogen) atoms. The molecule has 1 aromatic carbocycles. The van der Waals surface area contributed by atoms with E-state index in [9.17, 15) is 9.59 Å². The van der Waals surface area contributed by atoms with Gasteiger partial charge < -0.3 is 24.0 Å². The first-order valence-electron chi connectivity index (χ1n) is 9.54. The number of rotatable bonds is 5. The molecule has 2 heterocycles. The molecule has 0 aliphatic carbocycles. The summed E-state index contributed by atoms with van der Waals surface area (Å²) in [7, 11) is 1.60. The van der Waals surface area contributed by atoms with Crippen molar-refractivity contribution in [2.24, 2.45) is 5.92 Å². The average molecular weight is 376 g/mol. The first-order valence-corrected chi connectivity index (χ1v) is 9.54. The maximum atomic E-state index is 12.8. The van der Waals surface area contributed by atoms with E-state index in [4.69, 9.17) is 14.2 Å². The zero-order chi connectivity index (χ0) is 19.2. The van der Waals surface area contributed by atoms with Gasteiger partial charge in [-0.1, -0.05) is 0 Å². The Morgan fingerprint density at radius 1 is 1.07 bits per heavy atom. The molecule has 0 radical (unpaired) electrons. The Labute approximate surface area is 160 Å². The zero-order valence-corrected chi connectivity index (χ0v) is 16.1. The summed E-state index contributed by atoms with van der Waals surface area (Å²) in [5.41, 5.74) is 0. The third-order valence-electron chi connectivity index (χ3n) is 5.13. The first-order chi connectivity index (χ1) is 13.1. The van der Waals surface area contributed by atoms with Gasteiger partial charge in [0.1, 0.15) is 11.5 Å². The molecule has 1 aromatic rings. The van der Waals surface area contributed by atoms with E-state index in [0.29, 0.717) is 45.1 Å². The largest absolute Gasteiger partial charge is 0.497 e. The van der Waals surface area contributed by atoms with Crippen molar-refractivity contribution in [2.45, 2.75) is 25.9 Å². The van der Waals surface area contributed by atoms with Crippen molar-refractivity contribution in [3.05, 3.63) is 24.3 Å². The lowest BCUT2D eigenvalue weighted by atomic mass is 9.96. The molecule has 2 amide bonds. The summed E-state index contributed by atoms with van der Waals surface area (Å²) in [5.74, 6) is 1.29. The summed E-state index contributed by atoms with van der Waals surface area (Å²) in [4.78, 5) is 29.2. The fourth-order valence-electron chi connectivity index (χ4n) is 3.59. The molecule has 0 aromatic heterocycles. The lowest BCUT2D eigenvalue weighted by Crippen LogP contribution is -2.51. The number of carbonyl (C=O) groups is 2. The molecule has 2 fully saturated rings. The molecule has 7 nitrogen and oxygen atoms in total. The number of ether oxygens (including phenoxy) is 3. The molecule has 7 heteroatoms. The molecule has 0 N–H and O–H groups in total. The number of hydrogen-bond donors (Lipinski definition) is 0. The highest BCUT2D eigenvalue weighted by molar-refractivity contribution is 5.83. The van der Waals surface area contributed by atoms with Crippen LogP contribution in [0.5, 0.6) is 11.5 Å². The number of likely N-dealkylation sites (tertiary alicyclic amines) is 1. The molecule has 0 spiro atoms. The van der Waals surface area contributed by atoms with E-state index in [1.165, 1.54) is 0 Å². The number of benzene rings is 1. The number of carbonyl (C=O) groups excluding carboxylic acids is 2. The highest BCUT2D eigenvalue weighted by atomic mass is 16.5. The number of morpholine rings is 1. The third kappa shape index (κ3) is 4.91. The minimum absolute atomic E-state index is 0.0784. The van der Waals surface area contributed by atoms with Crippen LogP contribution in [-0.2, 0) is 14.3 Å². The van der Waals surface area contributed by atoms with Crippen LogP contribution in [0.15, 0.2) is 24.3 Å². The molecule has 148 valence electrons. The minimum atomic E-state index is -0.601. The van der Waals surface area contributed by atoms with Gasteiger partial charge in [0.15, 0.2) is 6.10 Å². The Balaban J connectivity index is 1.55. The molecule has 0 bridgehead atoms. The van der Waals surface area contributed by atoms with Crippen LogP contribution in [0.25, 0.3) is 0 Å². The molecule has 0 saturated carbocycles. The fourth-order valence-corrected chi connectivity index (χ4v) is 3.59. The summed E-state index contributed by atoms with van der Waals surface area (Å²) in [5, 5.41) is 0. The van der Waals surface area contributed by atoms with Crippen LogP contribution in [0.2, 0.25) is 0 Å². The van der Waals surface area contributed by atoms with E-state index in [2.05, 4.69) is 0 Å². The number of nitrogens with zero attached hydrogens (tertiary/aromatic N) is 2. The van der Waals surface area contributed by atoms with Gasteiger partial charge in [0.2, 0.25) is 5.91 Å². The second kappa shape index (κ2) is 9.08. The molecule has 2 atom stereocenters. The van der Waals surface area contributed by atoms with E-state index in [1.807, 2.05) is 4.90 Å². The van der Waals surface area contributed by atoms with E-state index >= 15 is 0 Å². The molecular formula is C20H28N2O5. The second-order valence-electron chi connectivity index (χ2n) is 7.00. The Hall–Kier alpha value is -2.28. The maximum absolute atomic E-state index is 12.8. The Morgan fingerprint density at radius 2 is 1.74 bits per heavy atom. The predicted molar refractivity (Wildman–Crippen MR) is 99.8 cm³/mol. The minimum Gasteiger partial charge on any atom is -0.497 e. The van der Waals surface area contributed by atoms with E-state index < -0.39 is 6.10 Å². The summed E-state index contributed by atoms with van der Waals surface area (Å²) < 4.78 is 16.2. The van der Waals surface area contributed by atoms with E-state index in [0.717, 1.165) is 18.6 Å². The van der Waals surface area contributed by atoms with Crippen LogP contribution in [-0.4, -0.2) is 74.2 Å². The van der Waals surface area contributed by atoms with Crippen LogP contribution >= 0.6 is 0 Å². The van der Waals surface area contributed by atoms with Crippen molar-refractivity contribution in [1.82, 2.24) is 9.80 Å². The maximum Gasteiger partial charge on any atom is 0.263 e. The lowest BCUT2D eigenvalue weighted by Gasteiger charge is -2.37. The van der Waals surface area contributed by atoms with E-state index in [-0.39, 0.29) is 17.7 Å². The summed E-state index contributed by atoms with van der Waals surface area (Å²) in [6, 6.07) is 7.15. The molecular weight excluding hydrogens is 348 g/mol. The van der Waals surface area contributed by atoms with Crippen LogP contribution in [0, 0.1) is 5.92 Å². The Bertz CT molecular complexity index is 642. The van der Waals surface area contributed by atoms with Gasteiger partial charge in [-0.25, -0.2) is 0 Å². The molecule has 2 saturated heterocycles. The third-order valence-corrected chi connectivity index (χ3v) is 5.13. The Kier molecular flexibility index (Phi) is 6.55. The zero-order valence-electron chi connectivity index (χ0n) is 16.1. The quantitative estimate of drug-likeness (QED) is 0.780. The van der Waals surface area contributed by atoms with Gasteiger partial charge in [0, 0.05) is 26.2 Å². The number of amides is 2. The summed E-state index contributed by atoms with van der Waals surface area (Å²) in [6.07, 6.45) is 1.06. The van der Waals surface area contributed by atoms with Gasteiger partial charge >= 0.3 is 0 Å². The fraction of sp³-hybridized carbons (Fsp3) is 0.600. The first kappa shape index (κ1) is 19.5. The topological polar surface area (TPSA) is 68.3 Å². The smallest absolute Gasteiger partial charge is 0.263 e. The number of hydrogen-bond acceptors (Lipinski definition) is 5. The van der Waals surface area contributed by atoms with Crippen molar-refractivity contribution < 1.29 is 23.8 Å². The molecule has 2 aliphatic rings. The van der Waals surface area contributed by atoms with E-state index in [1.54, 1.807) is 43.2 Å². The summed E-state index contributed by atoms with van der Waals surface area (Å²) >= 11 is 0. The number of methoxy groups -OCH3 is 1. The molecule has 3 rings (SSSR count). The average Bonchev–Trinajstić information content (AvgIpc) is 2.74. The van der Waals surface area contributed by atoms with Crippen LogP contribution in [0.3, 0.4) is 0 Å². The SMILES string of the molecule is COc1ccc(O[C@@H](C)C(=O)N2CCC[C@H](C(=O)N3CCOCC3)C2)cc1. The van der Waals surface area contributed by atoms with Gasteiger partial charge in [0.25, 0.3) is 5.91 Å². The van der Waals surface area contributed by atoms with Crippen molar-refractivity contribution in [3.8, 4) is 11.5 Å². The standard InChI is InChI=1S/C20H28N2O5/c1-15(27-18-7-5-17(25-2)6-8-18)19(23)22-9-3-4-16(14-22)20(24)21-10-12-26-13-11-21/h5-8,15-16H,3-4,9-14H2,1-2H3/t15-,16-/m0/s1. The van der Waals surface area contributed by atoms with Crippen molar-refractivity contribution in [1.29, 1.82) is 0 Å². The van der Waals surface area contributed by atoms with Gasteiger partial charge in [-0.15, -0.1) is 0 Å². The van der Waals surface area contributed by atoms with Gasteiger partial charge in [0.05, 0.1) is 26.2 Å².